The van der Waals surface area contributed by atoms with Gasteiger partial charge in [0.15, 0.2) is 0 Å². The summed E-state index contributed by atoms with van der Waals surface area (Å²) in [5.74, 6) is -0.0269. The smallest absolute Gasteiger partial charge is 0.255 e. The number of hydrogen-bond donors (Lipinski definition) is 2. The third-order valence-corrected chi connectivity index (χ3v) is 4.06. The highest BCUT2D eigenvalue weighted by atomic mass is 35.5. The Morgan fingerprint density at radius 3 is 2.39 bits per heavy atom. The van der Waals surface area contributed by atoms with E-state index >= 15 is 0 Å². The van der Waals surface area contributed by atoms with E-state index in [9.17, 15) is 9.59 Å². The van der Waals surface area contributed by atoms with Crippen molar-refractivity contribution in [3.05, 3.63) is 58.6 Å². The molecule has 2 aromatic rings. The van der Waals surface area contributed by atoms with Crippen LogP contribution in [-0.2, 0) is 4.79 Å². The van der Waals surface area contributed by atoms with E-state index in [0.29, 0.717) is 16.3 Å². The van der Waals surface area contributed by atoms with E-state index in [1.807, 2.05) is 19.1 Å². The van der Waals surface area contributed by atoms with Crippen LogP contribution in [0, 0.1) is 12.8 Å². The molecule has 2 N–H and O–H groups in total. The summed E-state index contributed by atoms with van der Waals surface area (Å²) < 4.78 is 0. The molecule has 0 spiro atoms. The van der Waals surface area contributed by atoms with Gasteiger partial charge in [0.25, 0.3) is 5.91 Å². The number of nitrogens with one attached hydrogen (secondary N) is 2. The Morgan fingerprint density at radius 2 is 1.74 bits per heavy atom. The van der Waals surface area contributed by atoms with Crippen LogP contribution in [0.4, 0.5) is 11.4 Å². The van der Waals surface area contributed by atoms with Gasteiger partial charge < -0.3 is 10.6 Å². The zero-order valence-electron chi connectivity index (χ0n) is 12.7. The zero-order valence-corrected chi connectivity index (χ0v) is 13.5. The topological polar surface area (TPSA) is 58.2 Å². The molecular weight excluding hydrogens is 312 g/mol. The number of hydrogen-bond acceptors (Lipinski definition) is 2. The fourth-order valence-electron chi connectivity index (χ4n) is 2.22. The van der Waals surface area contributed by atoms with E-state index in [1.165, 1.54) is 0 Å². The second kappa shape index (κ2) is 6.42. The summed E-state index contributed by atoms with van der Waals surface area (Å²) in [6, 6.07) is 12.2. The first kappa shape index (κ1) is 15.6. The fraction of sp³-hybridized carbons (Fsp3) is 0.222. The predicted octanol–water partition coefficient (Wildman–Crippen LogP) is 4.25. The number of aryl methyl sites for hydroxylation is 1. The van der Waals surface area contributed by atoms with Crippen LogP contribution in [-0.4, -0.2) is 11.8 Å². The lowest BCUT2D eigenvalue weighted by Gasteiger charge is -2.11. The highest BCUT2D eigenvalue weighted by Crippen LogP contribution is 2.31. The third-order valence-electron chi connectivity index (χ3n) is 3.81. The minimum atomic E-state index is -0.218. The Hall–Kier alpha value is -2.33. The van der Waals surface area contributed by atoms with E-state index < -0.39 is 0 Å². The summed E-state index contributed by atoms with van der Waals surface area (Å²) in [4.78, 5) is 24.1. The molecule has 0 radical (unpaired) electrons. The van der Waals surface area contributed by atoms with Gasteiger partial charge in [-0.3, -0.25) is 9.59 Å². The molecule has 0 atom stereocenters. The summed E-state index contributed by atoms with van der Waals surface area (Å²) in [7, 11) is 0. The van der Waals surface area contributed by atoms with Crippen molar-refractivity contribution < 1.29 is 9.59 Å². The van der Waals surface area contributed by atoms with Crippen molar-refractivity contribution in [1.82, 2.24) is 0 Å². The first-order chi connectivity index (χ1) is 11.0. The molecule has 2 aromatic carbocycles. The Bertz CT molecular complexity index is 752. The van der Waals surface area contributed by atoms with Crippen molar-refractivity contribution in [2.75, 3.05) is 10.6 Å². The Morgan fingerprint density at radius 1 is 1.04 bits per heavy atom. The SMILES string of the molecule is Cc1ccc(NC(=O)c2ccc(Cl)cc2)cc1NC(=O)C1CC1. The molecule has 0 bridgehead atoms. The van der Waals surface area contributed by atoms with Crippen LogP contribution in [0.1, 0.15) is 28.8 Å². The Kier molecular flexibility index (Phi) is 4.35. The number of carbonyl (C=O) groups excluding carboxylic acids is 2. The first-order valence-electron chi connectivity index (χ1n) is 7.51. The van der Waals surface area contributed by atoms with Crippen molar-refractivity contribution in [3.63, 3.8) is 0 Å². The van der Waals surface area contributed by atoms with E-state index in [0.717, 1.165) is 24.1 Å². The molecule has 0 saturated heterocycles. The minimum Gasteiger partial charge on any atom is -0.326 e. The molecule has 0 heterocycles. The van der Waals surface area contributed by atoms with Crippen molar-refractivity contribution in [2.45, 2.75) is 19.8 Å². The van der Waals surface area contributed by atoms with E-state index in [-0.39, 0.29) is 17.7 Å². The summed E-state index contributed by atoms with van der Waals surface area (Å²) >= 11 is 5.82. The van der Waals surface area contributed by atoms with Crippen LogP contribution >= 0.6 is 11.6 Å². The second-order valence-electron chi connectivity index (χ2n) is 5.75. The summed E-state index contributed by atoms with van der Waals surface area (Å²) in [6.07, 6.45) is 1.91. The number of benzene rings is 2. The lowest BCUT2D eigenvalue weighted by Crippen LogP contribution is -2.15. The van der Waals surface area contributed by atoms with Crippen LogP contribution in [0.3, 0.4) is 0 Å². The van der Waals surface area contributed by atoms with Gasteiger partial charge in [-0.05, 0) is 61.7 Å². The molecule has 2 amide bonds. The maximum Gasteiger partial charge on any atom is 0.255 e. The molecule has 5 heteroatoms. The van der Waals surface area contributed by atoms with Gasteiger partial charge >= 0.3 is 0 Å². The monoisotopic (exact) mass is 328 g/mol. The Balaban J connectivity index is 1.73. The molecule has 0 unspecified atom stereocenters. The molecule has 1 fully saturated rings. The van der Waals surface area contributed by atoms with Gasteiger partial charge in [0.2, 0.25) is 5.91 Å². The molecule has 1 saturated carbocycles. The summed E-state index contributed by atoms with van der Waals surface area (Å²) in [6.45, 7) is 1.92. The van der Waals surface area contributed by atoms with Gasteiger partial charge in [0.05, 0.1) is 0 Å². The average molecular weight is 329 g/mol. The van der Waals surface area contributed by atoms with Crippen molar-refractivity contribution in [1.29, 1.82) is 0 Å². The molecule has 0 aromatic heterocycles. The van der Waals surface area contributed by atoms with Gasteiger partial charge in [-0.1, -0.05) is 17.7 Å². The third kappa shape index (κ3) is 3.90. The van der Waals surface area contributed by atoms with Crippen molar-refractivity contribution in [3.8, 4) is 0 Å². The molecule has 1 aliphatic rings. The second-order valence-corrected chi connectivity index (χ2v) is 6.19. The maximum absolute atomic E-state index is 12.2. The maximum atomic E-state index is 12.2. The van der Waals surface area contributed by atoms with Crippen LogP contribution in [0.15, 0.2) is 42.5 Å². The molecule has 118 valence electrons. The average Bonchev–Trinajstić information content (AvgIpc) is 3.36. The van der Waals surface area contributed by atoms with E-state index in [1.54, 1.807) is 30.3 Å². The number of anilines is 2. The predicted molar refractivity (Wildman–Crippen MR) is 91.9 cm³/mol. The van der Waals surface area contributed by atoms with E-state index in [4.69, 9.17) is 11.6 Å². The zero-order chi connectivity index (χ0) is 16.4. The van der Waals surface area contributed by atoms with Crippen molar-refractivity contribution >= 4 is 34.8 Å². The quantitative estimate of drug-likeness (QED) is 0.881. The molecule has 23 heavy (non-hydrogen) atoms. The highest BCUT2D eigenvalue weighted by molar-refractivity contribution is 6.30. The number of amides is 2. The molecule has 3 rings (SSSR count). The highest BCUT2D eigenvalue weighted by Gasteiger charge is 2.29. The van der Waals surface area contributed by atoms with Gasteiger partial charge in [-0.2, -0.15) is 0 Å². The lowest BCUT2D eigenvalue weighted by molar-refractivity contribution is -0.117. The Labute approximate surface area is 139 Å². The van der Waals surface area contributed by atoms with Gasteiger partial charge in [0.1, 0.15) is 0 Å². The lowest BCUT2D eigenvalue weighted by atomic mass is 10.1. The van der Waals surface area contributed by atoms with Gasteiger partial charge in [-0.25, -0.2) is 0 Å². The van der Waals surface area contributed by atoms with Crippen molar-refractivity contribution in [2.24, 2.45) is 5.92 Å². The summed E-state index contributed by atoms with van der Waals surface area (Å²) in [5, 5.41) is 6.34. The molecular formula is C18H17ClN2O2. The fourth-order valence-corrected chi connectivity index (χ4v) is 2.35. The van der Waals surface area contributed by atoms with Gasteiger partial charge in [-0.15, -0.1) is 0 Å². The summed E-state index contributed by atoms with van der Waals surface area (Å²) in [5.41, 5.74) is 2.86. The minimum absolute atomic E-state index is 0.0503. The molecule has 1 aliphatic carbocycles. The number of rotatable bonds is 4. The normalized spacial score (nSPS) is 13.5. The molecule has 4 nitrogen and oxygen atoms in total. The van der Waals surface area contributed by atoms with Crippen LogP contribution in [0.5, 0.6) is 0 Å². The van der Waals surface area contributed by atoms with Gasteiger partial charge in [0, 0.05) is 27.9 Å². The largest absolute Gasteiger partial charge is 0.326 e. The molecule has 0 aliphatic heterocycles. The standard InChI is InChI=1S/C18H17ClN2O2/c1-11-2-9-15(10-16(11)21-18(23)12-3-4-12)20-17(22)13-5-7-14(19)8-6-13/h2,5-10,12H,3-4H2,1H3,(H,20,22)(H,21,23). The number of halogens is 1. The van der Waals surface area contributed by atoms with Crippen LogP contribution in [0.2, 0.25) is 5.02 Å². The van der Waals surface area contributed by atoms with Crippen LogP contribution < -0.4 is 10.6 Å². The van der Waals surface area contributed by atoms with Crippen LogP contribution in [0.25, 0.3) is 0 Å². The first-order valence-corrected chi connectivity index (χ1v) is 7.89. The van der Waals surface area contributed by atoms with E-state index in [2.05, 4.69) is 10.6 Å². The number of carbonyl (C=O) groups is 2.